The van der Waals surface area contributed by atoms with Crippen LogP contribution in [0.3, 0.4) is 0 Å². The molecule has 3 amide bonds. The Morgan fingerprint density at radius 3 is 2.32 bits per heavy atom. The maximum atomic E-state index is 13.7. The molecule has 0 aliphatic carbocycles. The fourth-order valence-corrected chi connectivity index (χ4v) is 4.99. The molecule has 0 saturated carbocycles. The van der Waals surface area contributed by atoms with Gasteiger partial charge in [-0.25, -0.2) is 0 Å². The molecule has 1 N–H and O–H groups in total. The van der Waals surface area contributed by atoms with Crippen LogP contribution in [0.15, 0.2) is 72.8 Å². The summed E-state index contributed by atoms with van der Waals surface area (Å²) in [7, 11) is 0. The van der Waals surface area contributed by atoms with E-state index in [4.69, 9.17) is 16.3 Å². The Morgan fingerprint density at radius 1 is 1.03 bits per heavy atom. The fourth-order valence-electron chi connectivity index (χ4n) is 4.86. The van der Waals surface area contributed by atoms with E-state index in [9.17, 15) is 14.4 Å². The van der Waals surface area contributed by atoms with Crippen molar-refractivity contribution >= 4 is 40.7 Å². The smallest absolute Gasteiger partial charge is 0.258 e. The molecule has 7 nitrogen and oxygen atoms in total. The van der Waals surface area contributed by atoms with E-state index in [1.165, 1.54) is 0 Å². The Labute approximate surface area is 228 Å². The van der Waals surface area contributed by atoms with Gasteiger partial charge in [0.2, 0.25) is 5.91 Å². The fraction of sp³-hybridized carbons (Fsp3) is 0.300. The van der Waals surface area contributed by atoms with Crippen LogP contribution in [0, 0.1) is 0 Å². The first-order valence-electron chi connectivity index (χ1n) is 12.7. The van der Waals surface area contributed by atoms with Crippen LogP contribution >= 0.6 is 11.6 Å². The molecule has 1 aliphatic rings. The van der Waals surface area contributed by atoms with E-state index in [1.54, 1.807) is 53.1 Å². The lowest BCUT2D eigenvalue weighted by atomic mass is 9.89. The zero-order chi connectivity index (χ0) is 27.4. The van der Waals surface area contributed by atoms with Gasteiger partial charge < -0.3 is 19.9 Å². The van der Waals surface area contributed by atoms with Crippen molar-refractivity contribution in [3.05, 3.63) is 88.9 Å². The van der Waals surface area contributed by atoms with Crippen LogP contribution in [0.4, 0.5) is 11.4 Å². The lowest BCUT2D eigenvalue weighted by Crippen LogP contribution is -2.47. The number of hydrogen-bond donors (Lipinski definition) is 1. The summed E-state index contributed by atoms with van der Waals surface area (Å²) in [4.78, 5) is 42.0. The third kappa shape index (κ3) is 6.00. The zero-order valence-corrected chi connectivity index (χ0v) is 22.7. The van der Waals surface area contributed by atoms with Crippen molar-refractivity contribution < 1.29 is 19.1 Å². The van der Waals surface area contributed by atoms with Gasteiger partial charge in [-0.05, 0) is 87.4 Å². The summed E-state index contributed by atoms with van der Waals surface area (Å²) in [6.07, 6.45) is 0.567. The lowest BCUT2D eigenvalue weighted by molar-refractivity contribution is -0.123. The van der Waals surface area contributed by atoms with Gasteiger partial charge >= 0.3 is 0 Å². The average molecular weight is 534 g/mol. The number of benzene rings is 3. The minimum absolute atomic E-state index is 0.0359. The molecule has 0 fully saturated rings. The summed E-state index contributed by atoms with van der Waals surface area (Å²) in [6.45, 7) is 7.22. The van der Waals surface area contributed by atoms with Crippen LogP contribution < -0.4 is 19.9 Å². The van der Waals surface area contributed by atoms with Crippen LogP contribution in [-0.2, 0) is 9.59 Å². The average Bonchev–Trinajstić information content (AvgIpc) is 2.88. The molecule has 3 aromatic carbocycles. The Morgan fingerprint density at radius 2 is 1.68 bits per heavy atom. The highest BCUT2D eigenvalue weighted by Crippen LogP contribution is 2.42. The molecule has 2 atom stereocenters. The number of halogens is 1. The number of para-hydroxylation sites is 1. The highest BCUT2D eigenvalue weighted by molar-refractivity contribution is 6.30. The van der Waals surface area contributed by atoms with Gasteiger partial charge in [-0.15, -0.1) is 0 Å². The van der Waals surface area contributed by atoms with Crippen molar-refractivity contribution in [1.82, 2.24) is 5.32 Å². The first kappa shape index (κ1) is 27.2. The number of carbonyl (C=O) groups excluding carboxylic acids is 3. The molecular formula is C30H32ClN3O4. The van der Waals surface area contributed by atoms with Gasteiger partial charge in [0.1, 0.15) is 5.75 Å². The number of nitrogens with zero attached hydrogens (tertiary/aromatic N) is 2. The van der Waals surface area contributed by atoms with Gasteiger partial charge in [-0.3, -0.25) is 14.4 Å². The number of rotatable bonds is 7. The SMILES string of the molecule is CC(=O)N(c1ccc(Cl)cc1)C1CC(C)N(C(=O)c2ccc(OCC(=O)NC(C)C)cc2)c2ccccc21. The Kier molecular flexibility index (Phi) is 8.37. The predicted octanol–water partition coefficient (Wildman–Crippen LogP) is 5.78. The van der Waals surface area contributed by atoms with E-state index in [2.05, 4.69) is 5.32 Å². The number of amides is 3. The van der Waals surface area contributed by atoms with Crippen molar-refractivity contribution in [3.63, 3.8) is 0 Å². The van der Waals surface area contributed by atoms with Gasteiger partial charge in [0, 0.05) is 41.0 Å². The monoisotopic (exact) mass is 533 g/mol. The number of ether oxygens (including phenoxy) is 1. The molecule has 2 unspecified atom stereocenters. The molecule has 198 valence electrons. The van der Waals surface area contributed by atoms with E-state index in [1.807, 2.05) is 57.2 Å². The summed E-state index contributed by atoms with van der Waals surface area (Å²) in [6, 6.07) is 21.3. The Bertz CT molecular complexity index is 1310. The molecule has 0 aromatic heterocycles. The zero-order valence-electron chi connectivity index (χ0n) is 22.0. The van der Waals surface area contributed by atoms with Gasteiger partial charge in [-0.2, -0.15) is 0 Å². The largest absolute Gasteiger partial charge is 0.484 e. The normalized spacial score (nSPS) is 16.5. The number of nitrogens with one attached hydrogen (secondary N) is 1. The molecule has 0 bridgehead atoms. The number of hydrogen-bond acceptors (Lipinski definition) is 4. The van der Waals surface area contributed by atoms with Crippen LogP contribution in [0.5, 0.6) is 5.75 Å². The van der Waals surface area contributed by atoms with Gasteiger partial charge in [0.25, 0.3) is 11.8 Å². The number of carbonyl (C=O) groups is 3. The quantitative estimate of drug-likeness (QED) is 0.418. The van der Waals surface area contributed by atoms with Crippen LogP contribution in [0.1, 0.15) is 56.1 Å². The molecule has 0 saturated heterocycles. The van der Waals surface area contributed by atoms with Crippen molar-refractivity contribution in [2.75, 3.05) is 16.4 Å². The van der Waals surface area contributed by atoms with Crippen LogP contribution in [0.2, 0.25) is 5.02 Å². The minimum atomic E-state index is -0.239. The number of anilines is 2. The van der Waals surface area contributed by atoms with Crippen molar-refractivity contribution in [3.8, 4) is 5.75 Å². The molecular weight excluding hydrogens is 502 g/mol. The second-order valence-electron chi connectivity index (χ2n) is 9.74. The first-order valence-corrected chi connectivity index (χ1v) is 13.0. The maximum absolute atomic E-state index is 13.7. The molecule has 0 spiro atoms. The van der Waals surface area contributed by atoms with Crippen LogP contribution in [-0.4, -0.2) is 36.4 Å². The highest BCUT2D eigenvalue weighted by Gasteiger charge is 2.38. The first-order chi connectivity index (χ1) is 18.2. The molecule has 1 heterocycles. The predicted molar refractivity (Wildman–Crippen MR) is 150 cm³/mol. The molecule has 8 heteroatoms. The second-order valence-corrected chi connectivity index (χ2v) is 10.2. The molecule has 4 rings (SSSR count). The van der Waals surface area contributed by atoms with E-state index in [-0.39, 0.29) is 42.5 Å². The van der Waals surface area contributed by atoms with Crippen molar-refractivity contribution in [2.45, 2.75) is 52.2 Å². The molecule has 38 heavy (non-hydrogen) atoms. The van der Waals surface area contributed by atoms with Crippen molar-refractivity contribution in [1.29, 1.82) is 0 Å². The lowest BCUT2D eigenvalue weighted by Gasteiger charge is -2.43. The summed E-state index contributed by atoms with van der Waals surface area (Å²) in [5, 5.41) is 3.37. The Hall–Kier alpha value is -3.84. The van der Waals surface area contributed by atoms with E-state index in [0.717, 1.165) is 16.9 Å². The maximum Gasteiger partial charge on any atom is 0.258 e. The third-order valence-corrected chi connectivity index (χ3v) is 6.71. The minimum Gasteiger partial charge on any atom is -0.484 e. The summed E-state index contributed by atoms with van der Waals surface area (Å²) in [5.74, 6) is 0.0736. The van der Waals surface area contributed by atoms with Crippen LogP contribution in [0.25, 0.3) is 0 Å². The van der Waals surface area contributed by atoms with Gasteiger partial charge in [-0.1, -0.05) is 29.8 Å². The Balaban J connectivity index is 1.58. The highest BCUT2D eigenvalue weighted by atomic mass is 35.5. The van der Waals surface area contributed by atoms with Gasteiger partial charge in [0.05, 0.1) is 6.04 Å². The topological polar surface area (TPSA) is 79.0 Å². The molecule has 1 aliphatic heterocycles. The summed E-state index contributed by atoms with van der Waals surface area (Å²) in [5.41, 5.74) is 2.93. The molecule has 0 radical (unpaired) electrons. The second kappa shape index (κ2) is 11.7. The standard InChI is InChI=1S/C30H32ClN3O4/c1-19(2)32-29(36)18-38-25-15-9-22(10-16-25)30(37)33-20(3)17-28(26-7-5-6-8-27(26)33)34(21(4)35)24-13-11-23(31)12-14-24/h5-16,19-20,28H,17-18H2,1-4H3,(H,32,36). The third-order valence-electron chi connectivity index (χ3n) is 6.46. The van der Waals surface area contributed by atoms with E-state index < -0.39 is 0 Å². The summed E-state index contributed by atoms with van der Waals surface area (Å²) < 4.78 is 5.56. The van der Waals surface area contributed by atoms with E-state index in [0.29, 0.717) is 22.8 Å². The van der Waals surface area contributed by atoms with E-state index >= 15 is 0 Å². The van der Waals surface area contributed by atoms with Gasteiger partial charge in [0.15, 0.2) is 6.61 Å². The number of fused-ring (bicyclic) bond motifs is 1. The molecule has 3 aromatic rings. The van der Waals surface area contributed by atoms with Crippen molar-refractivity contribution in [2.24, 2.45) is 0 Å². The summed E-state index contributed by atoms with van der Waals surface area (Å²) >= 11 is 6.08.